The lowest BCUT2D eigenvalue weighted by atomic mass is 10.1. The van der Waals surface area contributed by atoms with Crippen LogP contribution in [0.5, 0.6) is 0 Å². The highest BCUT2D eigenvalue weighted by Gasteiger charge is 2.15. The molecular weight excluding hydrogens is 304 g/mol. The number of carbonyl (C=O) groups is 1. The summed E-state index contributed by atoms with van der Waals surface area (Å²) in [5, 5.41) is 3.88. The molecule has 0 aromatic heterocycles. The first-order valence-electron chi connectivity index (χ1n) is 8.19. The summed E-state index contributed by atoms with van der Waals surface area (Å²) < 4.78 is 5.32. The molecule has 1 N–H and O–H groups in total. The molecule has 122 valence electrons. The third-order valence-electron chi connectivity index (χ3n) is 3.98. The van der Waals surface area contributed by atoms with Gasteiger partial charge >= 0.3 is 0 Å². The maximum absolute atomic E-state index is 11.7. The van der Waals surface area contributed by atoms with Crippen molar-refractivity contribution in [1.82, 2.24) is 10.2 Å². The lowest BCUT2D eigenvalue weighted by Gasteiger charge is -2.26. The molecule has 2 fully saturated rings. The molecule has 2 aliphatic heterocycles. The molecule has 0 aromatic rings. The van der Waals surface area contributed by atoms with E-state index < -0.39 is 0 Å². The van der Waals surface area contributed by atoms with E-state index in [-0.39, 0.29) is 5.91 Å². The van der Waals surface area contributed by atoms with Crippen LogP contribution in [-0.2, 0) is 9.53 Å². The molecule has 6 heteroatoms. The molecule has 0 spiro atoms. The molecule has 4 nitrogen and oxygen atoms in total. The Morgan fingerprint density at radius 3 is 2.86 bits per heavy atom. The van der Waals surface area contributed by atoms with E-state index in [0.717, 1.165) is 57.5 Å². The van der Waals surface area contributed by atoms with Gasteiger partial charge in [0, 0.05) is 37.1 Å². The molecule has 0 aromatic carbocycles. The van der Waals surface area contributed by atoms with E-state index in [2.05, 4.69) is 10.2 Å². The van der Waals surface area contributed by atoms with Gasteiger partial charge in [0.25, 0.3) is 0 Å². The first-order valence-corrected chi connectivity index (χ1v) is 10.6. The molecule has 0 radical (unpaired) electrons. The standard InChI is InChI=1S/C15H28N2O2S2/c18-15(5-2-1-4-14-6-13-20-21-14)16-7-3-8-17-9-11-19-12-10-17/h14H,1-13H2,(H,16,18). The number of unbranched alkanes of at least 4 members (excludes halogenated alkanes) is 1. The predicted octanol–water partition coefficient (Wildman–Crippen LogP) is 2.54. The fourth-order valence-electron chi connectivity index (χ4n) is 2.67. The molecular formula is C15H28N2O2S2. The number of nitrogens with zero attached hydrogens (tertiary/aromatic N) is 1. The number of ether oxygens (including phenoxy) is 1. The van der Waals surface area contributed by atoms with E-state index in [1.165, 1.54) is 25.0 Å². The second-order valence-electron chi connectivity index (χ2n) is 5.73. The highest BCUT2D eigenvalue weighted by molar-refractivity contribution is 8.77. The first-order chi connectivity index (χ1) is 10.3. The highest BCUT2D eigenvalue weighted by Crippen LogP contribution is 2.39. The van der Waals surface area contributed by atoms with Crippen LogP contribution in [0.2, 0.25) is 0 Å². The molecule has 1 unspecified atom stereocenters. The van der Waals surface area contributed by atoms with Crippen LogP contribution in [0, 0.1) is 0 Å². The molecule has 2 saturated heterocycles. The molecule has 1 atom stereocenters. The van der Waals surface area contributed by atoms with Gasteiger partial charge in [-0.15, -0.1) is 0 Å². The van der Waals surface area contributed by atoms with Gasteiger partial charge < -0.3 is 10.1 Å². The summed E-state index contributed by atoms with van der Waals surface area (Å²) in [6, 6.07) is 0. The largest absolute Gasteiger partial charge is 0.379 e. The third kappa shape index (κ3) is 7.77. The Hall–Kier alpha value is 0.0900. The van der Waals surface area contributed by atoms with Gasteiger partial charge in [0.15, 0.2) is 0 Å². The van der Waals surface area contributed by atoms with Crippen LogP contribution < -0.4 is 5.32 Å². The number of hydrogen-bond donors (Lipinski definition) is 1. The fourth-order valence-corrected chi connectivity index (χ4v) is 5.69. The predicted molar refractivity (Wildman–Crippen MR) is 91.8 cm³/mol. The van der Waals surface area contributed by atoms with Crippen molar-refractivity contribution >= 4 is 27.5 Å². The van der Waals surface area contributed by atoms with Crippen molar-refractivity contribution in [3.05, 3.63) is 0 Å². The van der Waals surface area contributed by atoms with Crippen LogP contribution in [0.15, 0.2) is 0 Å². The van der Waals surface area contributed by atoms with E-state index in [1.54, 1.807) is 0 Å². The van der Waals surface area contributed by atoms with Gasteiger partial charge in [0.1, 0.15) is 0 Å². The number of carbonyl (C=O) groups excluding carboxylic acids is 1. The molecule has 21 heavy (non-hydrogen) atoms. The van der Waals surface area contributed by atoms with Gasteiger partial charge in [-0.05, 0) is 32.2 Å². The second kappa shape index (κ2) is 10.8. The zero-order valence-corrected chi connectivity index (χ0v) is 14.5. The topological polar surface area (TPSA) is 41.6 Å². The Labute approximate surface area is 136 Å². The average Bonchev–Trinajstić information content (AvgIpc) is 3.02. The van der Waals surface area contributed by atoms with E-state index >= 15 is 0 Å². The number of morpholine rings is 1. The summed E-state index contributed by atoms with van der Waals surface area (Å²) in [6.45, 7) is 5.65. The van der Waals surface area contributed by atoms with Gasteiger partial charge in [-0.3, -0.25) is 9.69 Å². The molecule has 0 aliphatic carbocycles. The maximum Gasteiger partial charge on any atom is 0.219 e. The summed E-state index contributed by atoms with van der Waals surface area (Å²) in [5.41, 5.74) is 0. The molecule has 1 amide bonds. The fraction of sp³-hybridized carbons (Fsp3) is 0.933. The van der Waals surface area contributed by atoms with Crippen molar-refractivity contribution in [2.75, 3.05) is 45.1 Å². The average molecular weight is 333 g/mol. The monoisotopic (exact) mass is 332 g/mol. The van der Waals surface area contributed by atoms with Crippen molar-refractivity contribution in [1.29, 1.82) is 0 Å². The van der Waals surface area contributed by atoms with Crippen LogP contribution in [-0.4, -0.2) is 61.2 Å². The normalized spacial score (nSPS) is 23.3. The highest BCUT2D eigenvalue weighted by atomic mass is 33.1. The number of amides is 1. The van der Waals surface area contributed by atoms with Crippen molar-refractivity contribution in [3.63, 3.8) is 0 Å². The minimum atomic E-state index is 0.227. The Balaban J connectivity index is 1.38. The van der Waals surface area contributed by atoms with E-state index in [9.17, 15) is 4.79 Å². The molecule has 2 heterocycles. The summed E-state index contributed by atoms with van der Waals surface area (Å²) >= 11 is 0. The summed E-state index contributed by atoms with van der Waals surface area (Å²) in [5.74, 6) is 1.53. The lowest BCUT2D eigenvalue weighted by molar-refractivity contribution is -0.121. The SMILES string of the molecule is O=C(CCCCC1CCSS1)NCCCN1CCOCC1. The van der Waals surface area contributed by atoms with E-state index in [0.29, 0.717) is 6.42 Å². The zero-order chi connectivity index (χ0) is 14.8. The Morgan fingerprint density at radius 2 is 2.10 bits per heavy atom. The van der Waals surface area contributed by atoms with Gasteiger partial charge in [0.2, 0.25) is 5.91 Å². The lowest BCUT2D eigenvalue weighted by Crippen LogP contribution is -2.38. The summed E-state index contributed by atoms with van der Waals surface area (Å²) in [7, 11) is 4.03. The molecule has 0 bridgehead atoms. The van der Waals surface area contributed by atoms with Crippen molar-refractivity contribution in [2.24, 2.45) is 0 Å². The Kier molecular flexibility index (Phi) is 8.93. The molecule has 2 aliphatic rings. The van der Waals surface area contributed by atoms with Crippen LogP contribution in [0.3, 0.4) is 0 Å². The quantitative estimate of drug-likeness (QED) is 0.519. The van der Waals surface area contributed by atoms with Crippen molar-refractivity contribution in [3.8, 4) is 0 Å². The Morgan fingerprint density at radius 1 is 1.24 bits per heavy atom. The summed E-state index contributed by atoms with van der Waals surface area (Å²) in [6.07, 6.45) is 6.60. The minimum Gasteiger partial charge on any atom is -0.379 e. The molecule has 0 saturated carbocycles. The maximum atomic E-state index is 11.7. The summed E-state index contributed by atoms with van der Waals surface area (Å²) in [4.78, 5) is 14.1. The minimum absolute atomic E-state index is 0.227. The van der Waals surface area contributed by atoms with E-state index in [1.807, 2.05) is 21.6 Å². The van der Waals surface area contributed by atoms with Crippen LogP contribution in [0.1, 0.15) is 38.5 Å². The molecule has 2 rings (SSSR count). The van der Waals surface area contributed by atoms with E-state index in [4.69, 9.17) is 4.74 Å². The van der Waals surface area contributed by atoms with Crippen molar-refractivity contribution in [2.45, 2.75) is 43.8 Å². The van der Waals surface area contributed by atoms with Gasteiger partial charge in [-0.2, -0.15) is 0 Å². The Bertz CT molecular complexity index is 293. The van der Waals surface area contributed by atoms with Crippen LogP contribution >= 0.6 is 21.6 Å². The number of rotatable bonds is 9. The van der Waals surface area contributed by atoms with Crippen LogP contribution in [0.4, 0.5) is 0 Å². The zero-order valence-electron chi connectivity index (χ0n) is 12.8. The van der Waals surface area contributed by atoms with Crippen molar-refractivity contribution < 1.29 is 9.53 Å². The van der Waals surface area contributed by atoms with Gasteiger partial charge in [-0.25, -0.2) is 0 Å². The number of hydrogen-bond acceptors (Lipinski definition) is 5. The smallest absolute Gasteiger partial charge is 0.219 e. The second-order valence-corrected chi connectivity index (χ2v) is 8.52. The number of nitrogens with one attached hydrogen (secondary N) is 1. The van der Waals surface area contributed by atoms with Gasteiger partial charge in [-0.1, -0.05) is 28.0 Å². The first kappa shape index (κ1) is 17.4. The van der Waals surface area contributed by atoms with Gasteiger partial charge in [0.05, 0.1) is 13.2 Å². The third-order valence-corrected chi connectivity index (χ3v) is 6.99. The van der Waals surface area contributed by atoms with Crippen LogP contribution in [0.25, 0.3) is 0 Å².